The molecule has 18 nitrogen and oxygen atoms in total. The number of hydrogen-bond donors (Lipinski definition) is 7. The number of rotatable bonds is 17. The van der Waals surface area contributed by atoms with E-state index in [1.807, 2.05) is 185 Å². The molecule has 4 heterocycles. The van der Waals surface area contributed by atoms with Crippen molar-refractivity contribution >= 4 is 23.4 Å². The highest BCUT2D eigenvalue weighted by atomic mass is 16.5. The number of likely N-dealkylation sites (N-methyl/N-ethyl adjacent to an activating group) is 4. The SMILES string of the molecule is CC(=O)C1C[C@H](OCc2ccccc2)CN1C.CC(=O)[C@@H]1CCCN1C.CCc1ccc(O)c(O)c1.CCc1ccc(O)cc1.CCc1cccc(O)c1.CN1[C@H](C(=O)NC(C)(C)C)[C@@H](OCc2ccccc2)[C@H](OCc2ccccc2)[C@@H]1CO.C[C@H]1CCN(C)[C@@H]1C(=O)NC(C)(C)C. The van der Waals surface area contributed by atoms with Crippen molar-refractivity contribution in [3.05, 3.63) is 191 Å². The van der Waals surface area contributed by atoms with E-state index < -0.39 is 18.2 Å². The molecule has 4 aliphatic heterocycles. The van der Waals surface area contributed by atoms with Gasteiger partial charge in [0.15, 0.2) is 11.5 Å². The molecule has 4 saturated heterocycles. The summed E-state index contributed by atoms with van der Waals surface area (Å²) in [5, 5.41) is 51.9. The predicted octanol–water partition coefficient (Wildman–Crippen LogP) is 12.1. The van der Waals surface area contributed by atoms with Crippen LogP contribution < -0.4 is 10.6 Å². The third-order valence-electron chi connectivity index (χ3n) is 17.6. The molecule has 0 aromatic heterocycles. The lowest BCUT2D eigenvalue weighted by atomic mass is 10.0. The molecule has 9 atom stereocenters. The summed E-state index contributed by atoms with van der Waals surface area (Å²) in [6, 6.07) is 48.7. The van der Waals surface area contributed by atoms with Crippen LogP contribution in [0.3, 0.4) is 0 Å². The lowest BCUT2D eigenvalue weighted by Crippen LogP contribution is -2.54. The standard InChI is InChI=1S/C25H34N2O4.C14H19NO2.C11H22N2O.C8H10O2.2C8H10O.C7H13NO/c1-25(2,3)26-24(29)21-23(31-17-19-13-9-6-10-14-19)22(20(15-28)27(21)4)30-16-18-11-7-5-8-12-18;1-11(16)14-8-13(9-15(14)2)17-10-12-6-4-3-5-7-12;1-8-6-7-13(5)9(8)10(14)12-11(2,3)4;1-2-6-3-4-7(9)8(10)5-6;1-2-7-3-5-8(9)6-4-7;1-2-7-4-3-5-8(9)6-7;1-6(9)7-4-3-5-8(7)2/h5-14,20-23,28H,15-17H2,1-4H3,(H,26,29);3-7,13-14H,8-10H2,1-2H3;8-9H,6-7H2,1-5H3,(H,12,14);3-5,9-10H,2H2,1H3;2*3-6,9H,2H2,1H3;7H,3-5H2,1-2H3/t20-,21-,22+,23+;13-,14?;8-,9-;;;;7-/m000...0/s1. The normalized spacial score (nSPS) is 21.4. The third-order valence-corrected chi connectivity index (χ3v) is 17.6. The molecule has 99 heavy (non-hydrogen) atoms. The van der Waals surface area contributed by atoms with Crippen LogP contribution in [-0.2, 0) is 72.5 Å². The second-order valence-corrected chi connectivity index (χ2v) is 28.2. The van der Waals surface area contributed by atoms with Gasteiger partial charge in [-0.1, -0.05) is 149 Å². The highest BCUT2D eigenvalue weighted by Crippen LogP contribution is 2.32. The maximum atomic E-state index is 13.2. The monoisotopic (exact) mass is 1370 g/mol. The van der Waals surface area contributed by atoms with E-state index in [1.165, 1.54) is 29.2 Å². The maximum Gasteiger partial charge on any atom is 0.240 e. The van der Waals surface area contributed by atoms with Crippen molar-refractivity contribution in [3.8, 4) is 23.0 Å². The van der Waals surface area contributed by atoms with Crippen molar-refractivity contribution in [2.75, 3.05) is 54.4 Å². The molecule has 4 fully saturated rings. The molecule has 0 bridgehead atoms. The summed E-state index contributed by atoms with van der Waals surface area (Å²) in [4.78, 5) is 55.6. The van der Waals surface area contributed by atoms with E-state index in [9.17, 15) is 24.3 Å². The van der Waals surface area contributed by atoms with Crippen molar-refractivity contribution in [2.45, 2.75) is 207 Å². The number of carbonyl (C=O) groups is 4. The Morgan fingerprint density at radius 3 is 1.34 bits per heavy atom. The minimum absolute atomic E-state index is 0.0378. The Morgan fingerprint density at radius 1 is 0.485 bits per heavy atom. The lowest BCUT2D eigenvalue weighted by molar-refractivity contribution is -0.134. The number of aliphatic hydroxyl groups is 1. The number of benzene rings is 6. The number of nitrogens with one attached hydrogen (secondary N) is 2. The van der Waals surface area contributed by atoms with E-state index in [1.54, 1.807) is 50.2 Å². The Balaban J connectivity index is 0.000000262. The molecular weight excluding hydrogens is 1250 g/mol. The van der Waals surface area contributed by atoms with Gasteiger partial charge < -0.3 is 50.4 Å². The van der Waals surface area contributed by atoms with Gasteiger partial charge in [0.25, 0.3) is 0 Å². The number of aliphatic hydroxyl groups excluding tert-OH is 1. The van der Waals surface area contributed by atoms with Crippen LogP contribution in [0.2, 0.25) is 0 Å². The minimum atomic E-state index is -0.569. The second kappa shape index (κ2) is 42.6. The third kappa shape index (κ3) is 30.1. The van der Waals surface area contributed by atoms with Crippen LogP contribution in [0.4, 0.5) is 0 Å². The summed E-state index contributed by atoms with van der Waals surface area (Å²) in [5.74, 6) is 1.66. The maximum absolute atomic E-state index is 13.2. The molecule has 7 N–H and O–H groups in total. The van der Waals surface area contributed by atoms with Crippen LogP contribution >= 0.6 is 0 Å². The van der Waals surface area contributed by atoms with Gasteiger partial charge in [0.1, 0.15) is 41.3 Å². The van der Waals surface area contributed by atoms with Crippen molar-refractivity contribution in [2.24, 2.45) is 5.92 Å². The smallest absolute Gasteiger partial charge is 0.240 e. The number of amides is 2. The largest absolute Gasteiger partial charge is 0.508 e. The van der Waals surface area contributed by atoms with E-state index in [-0.39, 0.29) is 77.1 Å². The number of nitrogens with zero attached hydrogens (tertiary/aromatic N) is 4. The fraction of sp³-hybridized carbons (Fsp3) is 0.506. The summed E-state index contributed by atoms with van der Waals surface area (Å²) in [5.41, 5.74) is 6.19. The molecule has 10 rings (SSSR count). The van der Waals surface area contributed by atoms with Gasteiger partial charge in [-0.2, -0.15) is 0 Å². The molecule has 0 aliphatic carbocycles. The summed E-state index contributed by atoms with van der Waals surface area (Å²) < 4.78 is 18.4. The number of Topliss-reactive ketones (excluding diaryl/α,β-unsaturated/α-hetero) is 2. The van der Waals surface area contributed by atoms with Crippen LogP contribution in [0.15, 0.2) is 158 Å². The number of hydrogen-bond acceptors (Lipinski definition) is 16. The first kappa shape index (κ1) is 83.9. The molecule has 544 valence electrons. The fourth-order valence-corrected chi connectivity index (χ4v) is 12.1. The Hall–Kier alpha value is -7.52. The molecule has 0 saturated carbocycles. The van der Waals surface area contributed by atoms with Crippen LogP contribution in [0, 0.1) is 5.92 Å². The molecule has 18 heteroatoms. The van der Waals surface area contributed by atoms with Gasteiger partial charge in [-0.25, -0.2) is 0 Å². The quantitative estimate of drug-likeness (QED) is 0.0421. The number of phenolic OH excluding ortho intramolecular Hbond substituents is 4. The molecule has 6 aromatic carbocycles. The first-order chi connectivity index (χ1) is 46.9. The molecule has 0 spiro atoms. The molecule has 6 aromatic rings. The van der Waals surface area contributed by atoms with Gasteiger partial charge in [0.2, 0.25) is 11.8 Å². The number of carbonyl (C=O) groups excluding carboxylic acids is 4. The number of ether oxygens (including phenoxy) is 3. The molecule has 4 aliphatic rings. The van der Waals surface area contributed by atoms with Crippen LogP contribution in [0.5, 0.6) is 23.0 Å². The number of aryl methyl sites for hydroxylation is 3. The van der Waals surface area contributed by atoms with Crippen LogP contribution in [-0.4, -0.2) is 183 Å². The van der Waals surface area contributed by atoms with E-state index in [0.717, 1.165) is 74.8 Å². The van der Waals surface area contributed by atoms with Gasteiger partial charge in [-0.3, -0.25) is 38.8 Å². The summed E-state index contributed by atoms with van der Waals surface area (Å²) in [7, 11) is 7.87. The van der Waals surface area contributed by atoms with Gasteiger partial charge in [-0.05, 0) is 217 Å². The second-order valence-electron chi connectivity index (χ2n) is 28.2. The van der Waals surface area contributed by atoms with E-state index >= 15 is 0 Å². The lowest BCUT2D eigenvalue weighted by Gasteiger charge is -2.29. The minimum Gasteiger partial charge on any atom is -0.508 e. The summed E-state index contributed by atoms with van der Waals surface area (Å²) in [6.07, 6.45) is 6.27. The first-order valence-corrected chi connectivity index (χ1v) is 35.0. The number of ketones is 2. The van der Waals surface area contributed by atoms with Gasteiger partial charge >= 0.3 is 0 Å². The Labute approximate surface area is 591 Å². The zero-order chi connectivity index (χ0) is 73.4. The number of aromatic hydroxyl groups is 4. The average Bonchev–Trinajstić information content (AvgIpc) is 1.63. The highest BCUT2D eigenvalue weighted by Gasteiger charge is 2.52. The van der Waals surface area contributed by atoms with Crippen LogP contribution in [0.25, 0.3) is 0 Å². The molecule has 1 unspecified atom stereocenters. The fourth-order valence-electron chi connectivity index (χ4n) is 12.1. The average molecular weight is 1370 g/mol. The number of phenols is 4. The Morgan fingerprint density at radius 2 is 0.949 bits per heavy atom. The Bertz CT molecular complexity index is 3280. The van der Waals surface area contributed by atoms with Crippen LogP contribution in [0.1, 0.15) is 142 Å². The first-order valence-electron chi connectivity index (χ1n) is 35.0. The summed E-state index contributed by atoms with van der Waals surface area (Å²) in [6.45, 7) is 27.7. The summed E-state index contributed by atoms with van der Waals surface area (Å²) >= 11 is 0. The zero-order valence-electron chi connectivity index (χ0n) is 62.0. The Kier molecular flexibility index (Phi) is 36.1. The van der Waals surface area contributed by atoms with E-state index in [4.69, 9.17) is 34.6 Å². The highest BCUT2D eigenvalue weighted by molar-refractivity contribution is 5.84. The van der Waals surface area contributed by atoms with Crippen molar-refractivity contribution in [3.63, 3.8) is 0 Å². The molecular formula is C81H118N6O12. The topological polar surface area (TPSA) is 234 Å². The van der Waals surface area contributed by atoms with Gasteiger partial charge in [-0.15, -0.1) is 0 Å². The van der Waals surface area contributed by atoms with E-state index in [2.05, 4.69) is 58.2 Å². The molecule has 0 radical (unpaired) electrons. The zero-order valence-corrected chi connectivity index (χ0v) is 62.0. The number of likely N-dealkylation sites (tertiary alicyclic amines) is 4. The van der Waals surface area contributed by atoms with Crippen molar-refractivity contribution < 1.29 is 58.9 Å². The van der Waals surface area contributed by atoms with E-state index in [0.29, 0.717) is 43.0 Å². The molecule has 2 amide bonds. The van der Waals surface area contributed by atoms with Crippen molar-refractivity contribution in [1.29, 1.82) is 0 Å². The van der Waals surface area contributed by atoms with Gasteiger partial charge in [0, 0.05) is 17.6 Å². The predicted molar refractivity (Wildman–Crippen MR) is 396 cm³/mol. The van der Waals surface area contributed by atoms with Gasteiger partial charge in [0.05, 0.1) is 56.7 Å². The van der Waals surface area contributed by atoms with Crippen molar-refractivity contribution in [1.82, 2.24) is 30.2 Å².